The van der Waals surface area contributed by atoms with Gasteiger partial charge in [0.2, 0.25) is 0 Å². The summed E-state index contributed by atoms with van der Waals surface area (Å²) >= 11 is 0. The first-order valence-corrected chi connectivity index (χ1v) is 5.87. The van der Waals surface area contributed by atoms with Crippen LogP contribution in [0.3, 0.4) is 0 Å². The molecule has 0 aromatic carbocycles. The lowest BCUT2D eigenvalue weighted by atomic mass is 10.0. The van der Waals surface area contributed by atoms with Crippen molar-refractivity contribution in [2.24, 2.45) is 11.8 Å². The van der Waals surface area contributed by atoms with E-state index in [1.165, 1.54) is 38.5 Å². The Kier molecular flexibility index (Phi) is 5.45. The fraction of sp³-hybridized carbons (Fsp3) is 1.00. The molecule has 0 unspecified atom stereocenters. The first kappa shape index (κ1) is 11.0. The topological polar surface area (TPSA) is 9.23 Å². The summed E-state index contributed by atoms with van der Waals surface area (Å²) in [5.41, 5.74) is 0. The Labute approximate surface area is 82.9 Å². The molecule has 1 heterocycles. The minimum Gasteiger partial charge on any atom is -0.381 e. The molecule has 1 saturated carbocycles. The lowest BCUT2D eigenvalue weighted by Crippen LogP contribution is -2.12. The van der Waals surface area contributed by atoms with Gasteiger partial charge in [0.25, 0.3) is 0 Å². The molecule has 1 nitrogen and oxygen atoms in total. The van der Waals surface area contributed by atoms with Crippen molar-refractivity contribution < 1.29 is 4.74 Å². The first-order valence-electron chi connectivity index (χ1n) is 5.87. The predicted molar refractivity (Wildman–Crippen MR) is 56.8 cm³/mol. The van der Waals surface area contributed by atoms with Crippen LogP contribution in [0.2, 0.25) is 0 Å². The second kappa shape index (κ2) is 6.42. The summed E-state index contributed by atoms with van der Waals surface area (Å²) in [5, 5.41) is 0. The molecular weight excluding hydrogens is 160 g/mol. The molecule has 1 aliphatic carbocycles. The largest absolute Gasteiger partial charge is 0.381 e. The predicted octanol–water partition coefficient (Wildman–Crippen LogP) is 3.63. The third-order valence-corrected chi connectivity index (χ3v) is 3.15. The highest BCUT2D eigenvalue weighted by Gasteiger charge is 2.07. The van der Waals surface area contributed by atoms with Crippen LogP contribution in [0.15, 0.2) is 0 Å². The molecule has 0 aromatic rings. The number of rotatable bonds is 0. The van der Waals surface area contributed by atoms with Gasteiger partial charge in [0, 0.05) is 13.2 Å². The minimum atomic E-state index is 0.911. The molecular formula is C12H24O. The lowest BCUT2D eigenvalue weighted by Gasteiger charge is -2.16. The SMILES string of the molecule is CC1CCCC1.CC1CCOCC1. The third-order valence-electron chi connectivity index (χ3n) is 3.15. The summed E-state index contributed by atoms with van der Waals surface area (Å²) in [4.78, 5) is 0. The summed E-state index contributed by atoms with van der Waals surface area (Å²) in [5.74, 6) is 1.96. The zero-order chi connectivity index (χ0) is 9.52. The van der Waals surface area contributed by atoms with Crippen LogP contribution in [0.4, 0.5) is 0 Å². The number of ether oxygens (including phenoxy) is 1. The maximum atomic E-state index is 5.14. The molecule has 0 N–H and O–H groups in total. The monoisotopic (exact) mass is 184 g/mol. The molecule has 1 heteroatoms. The molecule has 0 bridgehead atoms. The Morgan fingerprint density at radius 1 is 0.769 bits per heavy atom. The highest BCUT2D eigenvalue weighted by molar-refractivity contribution is 4.60. The van der Waals surface area contributed by atoms with E-state index in [1.807, 2.05) is 0 Å². The zero-order valence-corrected chi connectivity index (χ0v) is 9.22. The molecule has 1 aliphatic heterocycles. The molecule has 0 radical (unpaired) electrons. The van der Waals surface area contributed by atoms with Gasteiger partial charge in [-0.15, -0.1) is 0 Å². The van der Waals surface area contributed by atoms with E-state index >= 15 is 0 Å². The van der Waals surface area contributed by atoms with E-state index < -0.39 is 0 Å². The molecule has 1 saturated heterocycles. The van der Waals surface area contributed by atoms with Crippen molar-refractivity contribution >= 4 is 0 Å². The molecule has 78 valence electrons. The summed E-state index contributed by atoms with van der Waals surface area (Å²) in [7, 11) is 0. The summed E-state index contributed by atoms with van der Waals surface area (Å²) in [6.45, 7) is 6.60. The Morgan fingerprint density at radius 3 is 1.46 bits per heavy atom. The van der Waals surface area contributed by atoms with Crippen molar-refractivity contribution in [2.45, 2.75) is 52.4 Å². The van der Waals surface area contributed by atoms with Gasteiger partial charge in [-0.2, -0.15) is 0 Å². The normalized spacial score (nSPS) is 25.4. The fourth-order valence-corrected chi connectivity index (χ4v) is 1.95. The van der Waals surface area contributed by atoms with Crippen LogP contribution in [0, 0.1) is 11.8 Å². The first-order chi connectivity index (χ1) is 6.29. The van der Waals surface area contributed by atoms with Crippen molar-refractivity contribution in [1.82, 2.24) is 0 Å². The van der Waals surface area contributed by atoms with Gasteiger partial charge in [0.1, 0.15) is 0 Å². The number of hydrogen-bond donors (Lipinski definition) is 0. The van der Waals surface area contributed by atoms with E-state index in [2.05, 4.69) is 13.8 Å². The lowest BCUT2D eigenvalue weighted by molar-refractivity contribution is 0.0716. The smallest absolute Gasteiger partial charge is 0.0468 e. The quantitative estimate of drug-likeness (QED) is 0.558. The second-order valence-electron chi connectivity index (χ2n) is 4.68. The van der Waals surface area contributed by atoms with E-state index in [1.54, 1.807) is 0 Å². The van der Waals surface area contributed by atoms with Crippen LogP contribution in [0.5, 0.6) is 0 Å². The van der Waals surface area contributed by atoms with Crippen molar-refractivity contribution in [3.63, 3.8) is 0 Å². The molecule has 0 spiro atoms. The van der Waals surface area contributed by atoms with Gasteiger partial charge in [-0.05, 0) is 24.7 Å². The van der Waals surface area contributed by atoms with E-state index in [0.717, 1.165) is 25.0 Å². The molecule has 2 aliphatic rings. The number of hydrogen-bond acceptors (Lipinski definition) is 1. The van der Waals surface area contributed by atoms with Gasteiger partial charge in [-0.3, -0.25) is 0 Å². The van der Waals surface area contributed by atoms with Crippen LogP contribution in [-0.4, -0.2) is 13.2 Å². The Bertz CT molecular complexity index is 110. The Balaban J connectivity index is 0.000000132. The second-order valence-corrected chi connectivity index (χ2v) is 4.68. The van der Waals surface area contributed by atoms with E-state index in [9.17, 15) is 0 Å². The fourth-order valence-electron chi connectivity index (χ4n) is 1.95. The summed E-state index contributed by atoms with van der Waals surface area (Å²) < 4.78 is 5.14. The van der Waals surface area contributed by atoms with Gasteiger partial charge in [0.05, 0.1) is 0 Å². The average Bonchev–Trinajstić information content (AvgIpc) is 2.58. The van der Waals surface area contributed by atoms with Crippen molar-refractivity contribution in [3.8, 4) is 0 Å². The van der Waals surface area contributed by atoms with E-state index in [4.69, 9.17) is 4.74 Å². The van der Waals surface area contributed by atoms with Gasteiger partial charge in [-0.25, -0.2) is 0 Å². The third kappa shape index (κ3) is 5.30. The van der Waals surface area contributed by atoms with E-state index in [-0.39, 0.29) is 0 Å². The van der Waals surface area contributed by atoms with Gasteiger partial charge >= 0.3 is 0 Å². The van der Waals surface area contributed by atoms with Gasteiger partial charge in [-0.1, -0.05) is 39.5 Å². The maximum Gasteiger partial charge on any atom is 0.0468 e. The molecule has 0 amide bonds. The summed E-state index contributed by atoms with van der Waals surface area (Å²) in [6, 6.07) is 0. The highest BCUT2D eigenvalue weighted by atomic mass is 16.5. The molecule has 0 atom stereocenters. The maximum absolute atomic E-state index is 5.14. The van der Waals surface area contributed by atoms with Crippen LogP contribution in [-0.2, 0) is 4.74 Å². The Hall–Kier alpha value is -0.0400. The van der Waals surface area contributed by atoms with Crippen LogP contribution in [0.25, 0.3) is 0 Å². The molecule has 0 aromatic heterocycles. The minimum absolute atomic E-state index is 0.911. The van der Waals surface area contributed by atoms with Gasteiger partial charge < -0.3 is 4.74 Å². The van der Waals surface area contributed by atoms with E-state index in [0.29, 0.717) is 0 Å². The van der Waals surface area contributed by atoms with Crippen LogP contribution >= 0.6 is 0 Å². The van der Waals surface area contributed by atoms with Crippen LogP contribution in [0.1, 0.15) is 52.4 Å². The zero-order valence-electron chi connectivity index (χ0n) is 9.22. The molecule has 2 rings (SSSR count). The van der Waals surface area contributed by atoms with Crippen molar-refractivity contribution in [2.75, 3.05) is 13.2 Å². The molecule has 2 fully saturated rings. The summed E-state index contributed by atoms with van der Waals surface area (Å²) in [6.07, 6.45) is 8.47. The standard InChI is InChI=1S/C6H12O.C6H12/c1-6-2-4-7-5-3-6;1-6-4-2-3-5-6/h6H,2-5H2,1H3;6H,2-5H2,1H3. The van der Waals surface area contributed by atoms with Gasteiger partial charge in [0.15, 0.2) is 0 Å². The highest BCUT2D eigenvalue weighted by Crippen LogP contribution is 2.22. The van der Waals surface area contributed by atoms with Crippen molar-refractivity contribution in [1.29, 1.82) is 0 Å². The van der Waals surface area contributed by atoms with Crippen LogP contribution < -0.4 is 0 Å². The molecule has 13 heavy (non-hydrogen) atoms. The Morgan fingerprint density at radius 2 is 1.23 bits per heavy atom. The average molecular weight is 184 g/mol. The van der Waals surface area contributed by atoms with Crippen molar-refractivity contribution in [3.05, 3.63) is 0 Å².